The van der Waals surface area contributed by atoms with E-state index in [1.54, 1.807) is 18.2 Å². The van der Waals surface area contributed by atoms with E-state index in [9.17, 15) is 17.6 Å². The summed E-state index contributed by atoms with van der Waals surface area (Å²) in [4.78, 5) is 12.6. The Bertz CT molecular complexity index is 981. The van der Waals surface area contributed by atoms with Crippen molar-refractivity contribution in [2.45, 2.75) is 25.9 Å². The number of amides is 1. The molecule has 2 rings (SSSR count). The highest BCUT2D eigenvalue weighted by Gasteiger charge is 2.23. The molecule has 1 N–H and O–H groups in total. The van der Waals surface area contributed by atoms with E-state index in [4.69, 9.17) is 9.47 Å². The Labute approximate surface area is 176 Å². The van der Waals surface area contributed by atoms with Crippen LogP contribution in [0.5, 0.6) is 11.5 Å². The summed E-state index contributed by atoms with van der Waals surface area (Å²) >= 11 is 0. The maximum Gasteiger partial charge on any atom is 0.235 e. The lowest BCUT2D eigenvalue weighted by molar-refractivity contribution is -0.122. The fourth-order valence-electron chi connectivity index (χ4n) is 3.00. The van der Waals surface area contributed by atoms with Gasteiger partial charge in [0.1, 0.15) is 5.82 Å². The van der Waals surface area contributed by atoms with Crippen molar-refractivity contribution in [2.75, 3.05) is 27.0 Å². The molecule has 0 aliphatic carbocycles. The summed E-state index contributed by atoms with van der Waals surface area (Å²) in [5.74, 6) is 0.0808. The van der Waals surface area contributed by atoms with Crippen molar-refractivity contribution in [2.24, 2.45) is 0 Å². The average molecular weight is 439 g/mol. The maximum absolute atomic E-state index is 14.0. The van der Waals surface area contributed by atoms with Crippen LogP contribution in [0.2, 0.25) is 0 Å². The van der Waals surface area contributed by atoms with Crippen molar-refractivity contribution in [1.82, 2.24) is 9.62 Å². The Morgan fingerprint density at radius 1 is 1.13 bits per heavy atom. The summed E-state index contributed by atoms with van der Waals surface area (Å²) in [7, 11) is -0.677. The second-order valence-electron chi connectivity index (χ2n) is 6.77. The van der Waals surface area contributed by atoms with E-state index in [0.717, 1.165) is 16.1 Å². The minimum atomic E-state index is -3.73. The Morgan fingerprint density at radius 2 is 1.80 bits per heavy atom. The lowest BCUT2D eigenvalue weighted by atomic mass is 10.0. The van der Waals surface area contributed by atoms with Crippen LogP contribution in [0.4, 0.5) is 4.39 Å². The van der Waals surface area contributed by atoms with Crippen molar-refractivity contribution in [1.29, 1.82) is 0 Å². The van der Waals surface area contributed by atoms with Crippen LogP contribution in [0.15, 0.2) is 42.5 Å². The summed E-state index contributed by atoms with van der Waals surface area (Å²) in [5.41, 5.74) is 0.992. The largest absolute Gasteiger partial charge is 0.493 e. The number of ether oxygens (including phenoxy) is 2. The van der Waals surface area contributed by atoms with Gasteiger partial charge in [0.2, 0.25) is 15.9 Å². The van der Waals surface area contributed by atoms with E-state index in [-0.39, 0.29) is 18.2 Å². The number of halogens is 1. The van der Waals surface area contributed by atoms with E-state index in [2.05, 4.69) is 5.32 Å². The van der Waals surface area contributed by atoms with Crippen LogP contribution in [0.1, 0.15) is 30.5 Å². The molecule has 164 valence electrons. The smallest absolute Gasteiger partial charge is 0.235 e. The molecule has 0 bridgehead atoms. The summed E-state index contributed by atoms with van der Waals surface area (Å²) < 4.78 is 49.7. The number of nitrogens with zero attached hydrogens (tertiary/aromatic N) is 1. The molecular weight excluding hydrogens is 411 g/mol. The number of nitrogens with one attached hydrogen (secondary N) is 1. The van der Waals surface area contributed by atoms with E-state index < -0.39 is 28.3 Å². The normalized spacial score (nSPS) is 12.5. The van der Waals surface area contributed by atoms with Crippen LogP contribution in [-0.4, -0.2) is 45.7 Å². The standard InChI is InChI=1S/C21H27FN2O5S/c1-5-18(15-10-11-19(28-2)20(12-15)29-3)23-21(25)14-24(30(4,26)27)13-16-8-6-7-9-17(16)22/h6-12,18H,5,13-14H2,1-4H3,(H,23,25)/t18-/m0/s1. The number of methoxy groups -OCH3 is 2. The van der Waals surface area contributed by atoms with Crippen molar-refractivity contribution in [3.05, 3.63) is 59.4 Å². The predicted molar refractivity (Wildman–Crippen MR) is 112 cm³/mol. The van der Waals surface area contributed by atoms with Crippen LogP contribution in [-0.2, 0) is 21.4 Å². The predicted octanol–water partition coefficient (Wildman–Crippen LogP) is 2.87. The molecule has 2 aromatic carbocycles. The Balaban J connectivity index is 2.16. The van der Waals surface area contributed by atoms with Gasteiger partial charge in [0.15, 0.2) is 11.5 Å². The molecule has 2 aromatic rings. The fourth-order valence-corrected chi connectivity index (χ4v) is 3.72. The highest BCUT2D eigenvalue weighted by molar-refractivity contribution is 7.88. The third-order valence-electron chi connectivity index (χ3n) is 4.65. The number of rotatable bonds is 10. The molecule has 1 atom stereocenters. The van der Waals surface area contributed by atoms with Gasteiger partial charge in [0.05, 0.1) is 33.1 Å². The van der Waals surface area contributed by atoms with Gasteiger partial charge in [-0.2, -0.15) is 4.31 Å². The zero-order valence-electron chi connectivity index (χ0n) is 17.5. The fraction of sp³-hybridized carbons (Fsp3) is 0.381. The van der Waals surface area contributed by atoms with Gasteiger partial charge < -0.3 is 14.8 Å². The zero-order valence-corrected chi connectivity index (χ0v) is 18.3. The van der Waals surface area contributed by atoms with Crippen LogP contribution in [0.3, 0.4) is 0 Å². The Morgan fingerprint density at radius 3 is 2.37 bits per heavy atom. The Hall–Kier alpha value is -2.65. The topological polar surface area (TPSA) is 84.9 Å². The molecule has 0 fully saturated rings. The highest BCUT2D eigenvalue weighted by Crippen LogP contribution is 2.30. The quantitative estimate of drug-likeness (QED) is 0.617. The summed E-state index contributed by atoms with van der Waals surface area (Å²) in [6, 6.07) is 10.8. The molecule has 0 aliphatic rings. The zero-order chi connectivity index (χ0) is 22.3. The molecule has 0 unspecified atom stereocenters. The number of carbonyl (C=O) groups excluding carboxylic acids is 1. The van der Waals surface area contributed by atoms with Crippen molar-refractivity contribution in [3.63, 3.8) is 0 Å². The molecule has 0 spiro atoms. The van der Waals surface area contributed by atoms with Crippen molar-refractivity contribution in [3.8, 4) is 11.5 Å². The first-order valence-electron chi connectivity index (χ1n) is 9.39. The first-order chi connectivity index (χ1) is 14.2. The van der Waals surface area contributed by atoms with Gasteiger partial charge in [-0.25, -0.2) is 12.8 Å². The molecule has 0 aromatic heterocycles. The highest BCUT2D eigenvalue weighted by atomic mass is 32.2. The van der Waals surface area contributed by atoms with Gasteiger partial charge in [-0.05, 0) is 30.2 Å². The van der Waals surface area contributed by atoms with Gasteiger partial charge in [-0.15, -0.1) is 0 Å². The minimum absolute atomic E-state index is 0.197. The first kappa shape index (κ1) is 23.6. The number of hydrogen-bond acceptors (Lipinski definition) is 5. The van der Waals surface area contributed by atoms with Gasteiger partial charge in [0.25, 0.3) is 0 Å². The maximum atomic E-state index is 14.0. The molecule has 0 radical (unpaired) electrons. The van der Waals surface area contributed by atoms with Crippen LogP contribution in [0, 0.1) is 5.82 Å². The first-order valence-corrected chi connectivity index (χ1v) is 11.2. The molecule has 0 saturated heterocycles. The second kappa shape index (κ2) is 10.4. The molecule has 0 saturated carbocycles. The van der Waals surface area contributed by atoms with Gasteiger partial charge >= 0.3 is 0 Å². The number of sulfonamides is 1. The average Bonchev–Trinajstić information content (AvgIpc) is 2.71. The molecule has 1 amide bonds. The van der Waals surface area contributed by atoms with E-state index in [1.165, 1.54) is 32.4 Å². The van der Waals surface area contributed by atoms with Crippen molar-refractivity contribution < 1.29 is 27.1 Å². The number of hydrogen-bond donors (Lipinski definition) is 1. The van der Waals surface area contributed by atoms with E-state index in [0.29, 0.717) is 17.9 Å². The van der Waals surface area contributed by atoms with Gasteiger partial charge in [-0.1, -0.05) is 31.2 Å². The Kier molecular flexibility index (Phi) is 8.19. The van der Waals surface area contributed by atoms with E-state index in [1.807, 2.05) is 13.0 Å². The molecular formula is C21H27FN2O5S. The summed E-state index contributed by atoms with van der Waals surface area (Å²) in [6.07, 6.45) is 1.57. The second-order valence-corrected chi connectivity index (χ2v) is 8.75. The van der Waals surface area contributed by atoms with Gasteiger partial charge in [-0.3, -0.25) is 4.79 Å². The van der Waals surface area contributed by atoms with Crippen molar-refractivity contribution >= 4 is 15.9 Å². The summed E-state index contributed by atoms with van der Waals surface area (Å²) in [5, 5.41) is 2.84. The lowest BCUT2D eigenvalue weighted by Crippen LogP contribution is -2.41. The van der Waals surface area contributed by atoms with Gasteiger partial charge in [0, 0.05) is 12.1 Å². The number of carbonyl (C=O) groups is 1. The van der Waals surface area contributed by atoms with Crippen LogP contribution < -0.4 is 14.8 Å². The minimum Gasteiger partial charge on any atom is -0.493 e. The lowest BCUT2D eigenvalue weighted by Gasteiger charge is -2.23. The molecule has 7 nitrogen and oxygen atoms in total. The third-order valence-corrected chi connectivity index (χ3v) is 5.84. The summed E-state index contributed by atoms with van der Waals surface area (Å²) in [6.45, 7) is 1.25. The van der Waals surface area contributed by atoms with Crippen LogP contribution >= 0.6 is 0 Å². The monoisotopic (exact) mass is 438 g/mol. The number of benzene rings is 2. The SMILES string of the molecule is CC[C@H](NC(=O)CN(Cc1ccccc1F)S(C)(=O)=O)c1ccc(OC)c(OC)c1. The molecule has 9 heteroatoms. The third kappa shape index (κ3) is 6.17. The van der Waals surface area contributed by atoms with E-state index >= 15 is 0 Å². The molecule has 0 aliphatic heterocycles. The molecule has 0 heterocycles. The van der Waals surface area contributed by atoms with Crippen LogP contribution in [0.25, 0.3) is 0 Å². The molecule has 30 heavy (non-hydrogen) atoms.